The first-order valence-electron chi connectivity index (χ1n) is 9.77. The molecule has 4 rings (SSSR count). The molecule has 9 heteroatoms. The maximum absolute atomic E-state index is 12.6. The topological polar surface area (TPSA) is 96.7 Å². The molecule has 0 spiro atoms. The Kier molecular flexibility index (Phi) is 7.27. The molecular weight excluding hydrogens is 442 g/mol. The van der Waals surface area contributed by atoms with Crippen molar-refractivity contribution in [3.8, 4) is 17.7 Å². The van der Waals surface area contributed by atoms with E-state index >= 15 is 0 Å². The molecule has 2 aromatic carbocycles. The number of nitrogens with zero attached hydrogens (tertiary/aromatic N) is 4. The molecule has 0 atom stereocenters. The number of amides is 1. The summed E-state index contributed by atoms with van der Waals surface area (Å²) >= 11 is 2.70. The number of aromatic nitrogens is 3. The molecule has 2 heterocycles. The Hall–Kier alpha value is -3.48. The van der Waals surface area contributed by atoms with Crippen molar-refractivity contribution >= 4 is 35.1 Å². The summed E-state index contributed by atoms with van der Waals surface area (Å²) in [5.41, 5.74) is 1.79. The number of para-hydroxylation sites is 1. The van der Waals surface area contributed by atoms with E-state index in [4.69, 9.17) is 9.68 Å². The van der Waals surface area contributed by atoms with Gasteiger partial charge in [-0.15, -0.1) is 22.0 Å². The van der Waals surface area contributed by atoms with Crippen LogP contribution in [0.25, 0.3) is 11.6 Å². The van der Waals surface area contributed by atoms with E-state index in [0.29, 0.717) is 34.7 Å². The van der Waals surface area contributed by atoms with Gasteiger partial charge in [-0.2, -0.15) is 5.26 Å². The maximum atomic E-state index is 12.6. The predicted molar refractivity (Wildman–Crippen MR) is 125 cm³/mol. The van der Waals surface area contributed by atoms with Gasteiger partial charge in [0.1, 0.15) is 0 Å². The Morgan fingerprint density at radius 1 is 1.03 bits per heavy atom. The summed E-state index contributed by atoms with van der Waals surface area (Å²) in [5, 5.41) is 21.0. The van der Waals surface area contributed by atoms with Gasteiger partial charge in [0.25, 0.3) is 0 Å². The van der Waals surface area contributed by atoms with E-state index < -0.39 is 0 Å². The van der Waals surface area contributed by atoms with Crippen LogP contribution in [0.4, 0.5) is 5.69 Å². The first kappa shape index (κ1) is 21.7. The third-order valence-corrected chi connectivity index (χ3v) is 6.33. The smallest absolute Gasteiger partial charge is 0.234 e. The lowest BCUT2D eigenvalue weighted by molar-refractivity contribution is -0.113. The van der Waals surface area contributed by atoms with Gasteiger partial charge in [-0.1, -0.05) is 54.2 Å². The summed E-state index contributed by atoms with van der Waals surface area (Å²) in [4.78, 5) is 13.5. The van der Waals surface area contributed by atoms with Gasteiger partial charge in [0.2, 0.25) is 11.7 Å². The molecule has 0 aliphatic carbocycles. The lowest BCUT2D eigenvalue weighted by atomic mass is 10.2. The molecule has 0 aliphatic heterocycles. The van der Waals surface area contributed by atoms with E-state index in [-0.39, 0.29) is 11.7 Å². The zero-order chi connectivity index (χ0) is 22.2. The summed E-state index contributed by atoms with van der Waals surface area (Å²) in [6.07, 6.45) is 1.60. The highest BCUT2D eigenvalue weighted by Gasteiger charge is 2.18. The van der Waals surface area contributed by atoms with Gasteiger partial charge < -0.3 is 9.73 Å². The predicted octanol–water partition coefficient (Wildman–Crippen LogP) is 4.93. The Morgan fingerprint density at radius 3 is 2.62 bits per heavy atom. The highest BCUT2D eigenvalue weighted by Crippen LogP contribution is 2.28. The number of nitriles is 1. The fourth-order valence-electron chi connectivity index (χ4n) is 3.01. The molecule has 7 nitrogen and oxygen atoms in total. The summed E-state index contributed by atoms with van der Waals surface area (Å²) in [6.45, 7) is 0.557. The van der Waals surface area contributed by atoms with Gasteiger partial charge >= 0.3 is 0 Å². The highest BCUT2D eigenvalue weighted by atomic mass is 32.2. The van der Waals surface area contributed by atoms with Gasteiger partial charge in [0, 0.05) is 4.90 Å². The summed E-state index contributed by atoms with van der Waals surface area (Å²) < 4.78 is 7.47. The molecule has 0 radical (unpaired) electrons. The Morgan fingerprint density at radius 2 is 1.84 bits per heavy atom. The van der Waals surface area contributed by atoms with Crippen LogP contribution in [0.1, 0.15) is 5.56 Å². The second-order valence-electron chi connectivity index (χ2n) is 6.64. The molecule has 0 saturated carbocycles. The third-order valence-electron chi connectivity index (χ3n) is 4.43. The molecule has 32 heavy (non-hydrogen) atoms. The van der Waals surface area contributed by atoms with Gasteiger partial charge in [0.05, 0.1) is 36.1 Å². The number of nitrogens with one attached hydrogen (secondary N) is 1. The minimum Gasteiger partial charge on any atom is -0.461 e. The molecular formula is C23H19N5O2S2. The van der Waals surface area contributed by atoms with Crippen LogP contribution in [0.15, 0.2) is 87.5 Å². The van der Waals surface area contributed by atoms with E-state index in [9.17, 15) is 4.79 Å². The van der Waals surface area contributed by atoms with Gasteiger partial charge in [-0.25, -0.2) is 0 Å². The standard InChI is InChI=1S/C23H19N5O2S2/c24-12-14-31-20-11-5-4-9-18(20)25-21(29)16-32-23-27-26-22(19-10-6-13-30-19)28(23)15-17-7-2-1-3-8-17/h1-11,13H,14-16H2,(H,25,29). The van der Waals surface area contributed by atoms with Crippen LogP contribution in [0.3, 0.4) is 0 Å². The number of rotatable bonds is 9. The van der Waals surface area contributed by atoms with E-state index in [0.717, 1.165) is 10.5 Å². The molecule has 0 aliphatic rings. The van der Waals surface area contributed by atoms with Crippen LogP contribution in [0.5, 0.6) is 0 Å². The van der Waals surface area contributed by atoms with Crippen LogP contribution in [0.2, 0.25) is 0 Å². The number of carbonyl (C=O) groups is 1. The summed E-state index contributed by atoms with van der Waals surface area (Å²) in [5.74, 6) is 1.56. The minimum atomic E-state index is -0.159. The van der Waals surface area contributed by atoms with Crippen molar-refractivity contribution in [3.05, 3.63) is 78.6 Å². The molecule has 0 bridgehead atoms. The van der Waals surface area contributed by atoms with Crippen LogP contribution in [0, 0.1) is 11.3 Å². The highest BCUT2D eigenvalue weighted by molar-refractivity contribution is 8.00. The second-order valence-corrected chi connectivity index (χ2v) is 8.59. The Balaban J connectivity index is 1.49. The quantitative estimate of drug-likeness (QED) is 0.353. The van der Waals surface area contributed by atoms with Crippen molar-refractivity contribution in [1.82, 2.24) is 14.8 Å². The monoisotopic (exact) mass is 461 g/mol. The lowest BCUT2D eigenvalue weighted by Crippen LogP contribution is -2.15. The molecule has 2 aromatic heterocycles. The zero-order valence-corrected chi connectivity index (χ0v) is 18.6. The van der Waals surface area contributed by atoms with Crippen molar-refractivity contribution in [1.29, 1.82) is 5.26 Å². The Labute approximate surface area is 193 Å². The van der Waals surface area contributed by atoms with Gasteiger partial charge in [0.15, 0.2) is 10.9 Å². The largest absolute Gasteiger partial charge is 0.461 e. The lowest BCUT2D eigenvalue weighted by Gasteiger charge is -2.11. The average Bonchev–Trinajstić information content (AvgIpc) is 3.48. The first-order chi connectivity index (χ1) is 15.7. The fourth-order valence-corrected chi connectivity index (χ4v) is 4.42. The van der Waals surface area contributed by atoms with Crippen molar-refractivity contribution in [2.75, 3.05) is 16.8 Å². The molecule has 0 fully saturated rings. The molecule has 1 amide bonds. The van der Waals surface area contributed by atoms with Crippen molar-refractivity contribution in [3.63, 3.8) is 0 Å². The fraction of sp³-hybridized carbons (Fsp3) is 0.130. The van der Waals surface area contributed by atoms with Crippen LogP contribution in [-0.4, -0.2) is 32.2 Å². The number of hydrogen-bond donors (Lipinski definition) is 1. The zero-order valence-electron chi connectivity index (χ0n) is 17.0. The number of furan rings is 1. The molecule has 4 aromatic rings. The molecule has 1 N–H and O–H groups in total. The average molecular weight is 462 g/mol. The Bertz CT molecular complexity index is 1220. The van der Waals surface area contributed by atoms with Crippen LogP contribution in [-0.2, 0) is 11.3 Å². The molecule has 0 unspecified atom stereocenters. The summed E-state index contributed by atoms with van der Waals surface area (Å²) in [6, 6.07) is 23.2. The number of carbonyl (C=O) groups excluding carboxylic acids is 1. The van der Waals surface area contributed by atoms with Crippen molar-refractivity contribution < 1.29 is 9.21 Å². The van der Waals surface area contributed by atoms with E-state index in [1.54, 1.807) is 12.3 Å². The molecule has 0 saturated heterocycles. The van der Waals surface area contributed by atoms with E-state index in [1.807, 2.05) is 65.2 Å². The third kappa shape index (κ3) is 5.41. The van der Waals surface area contributed by atoms with E-state index in [1.165, 1.54) is 23.5 Å². The normalized spacial score (nSPS) is 10.6. The second kappa shape index (κ2) is 10.7. The number of benzene rings is 2. The number of hydrogen-bond acceptors (Lipinski definition) is 7. The van der Waals surface area contributed by atoms with Crippen molar-refractivity contribution in [2.45, 2.75) is 16.6 Å². The first-order valence-corrected chi connectivity index (χ1v) is 11.7. The number of thioether (sulfide) groups is 2. The number of anilines is 1. The minimum absolute atomic E-state index is 0.159. The summed E-state index contributed by atoms with van der Waals surface area (Å²) in [7, 11) is 0. The van der Waals surface area contributed by atoms with Gasteiger partial charge in [-0.3, -0.25) is 9.36 Å². The molecule has 160 valence electrons. The van der Waals surface area contributed by atoms with Crippen LogP contribution < -0.4 is 5.32 Å². The van der Waals surface area contributed by atoms with E-state index in [2.05, 4.69) is 21.6 Å². The SMILES string of the molecule is N#CCSc1ccccc1NC(=O)CSc1nnc(-c2ccco2)n1Cc1ccccc1. The van der Waals surface area contributed by atoms with Gasteiger partial charge in [-0.05, 0) is 29.8 Å². The van der Waals surface area contributed by atoms with Crippen molar-refractivity contribution in [2.24, 2.45) is 0 Å². The van der Waals surface area contributed by atoms with Crippen LogP contribution >= 0.6 is 23.5 Å². The maximum Gasteiger partial charge on any atom is 0.234 e.